The van der Waals surface area contributed by atoms with E-state index in [-0.39, 0.29) is 18.0 Å². The van der Waals surface area contributed by atoms with Crippen molar-refractivity contribution in [2.24, 2.45) is 0 Å². The first kappa shape index (κ1) is 21.7. The molecular weight excluding hydrogens is 410 g/mol. The summed E-state index contributed by atoms with van der Waals surface area (Å²) < 4.78 is 5.98. The average Bonchev–Trinajstić information content (AvgIpc) is 3.47. The molecule has 1 saturated heterocycles. The fourth-order valence-corrected chi connectivity index (χ4v) is 5.21. The molecule has 3 aromatic carbocycles. The zero-order valence-electron chi connectivity index (χ0n) is 19.0. The van der Waals surface area contributed by atoms with Crippen molar-refractivity contribution in [1.82, 2.24) is 15.5 Å². The summed E-state index contributed by atoms with van der Waals surface area (Å²) >= 11 is 0. The van der Waals surface area contributed by atoms with E-state index in [4.69, 9.17) is 4.74 Å². The van der Waals surface area contributed by atoms with Crippen LogP contribution in [0.5, 0.6) is 11.5 Å². The fraction of sp³-hybridized carbons (Fsp3) is 0.321. The summed E-state index contributed by atoms with van der Waals surface area (Å²) in [6.07, 6.45) is 2.87. The summed E-state index contributed by atoms with van der Waals surface area (Å²) in [4.78, 5) is 15.1. The highest BCUT2D eigenvalue weighted by atomic mass is 16.5. The second-order valence-electron chi connectivity index (χ2n) is 9.03. The van der Waals surface area contributed by atoms with E-state index in [2.05, 4.69) is 51.9 Å². The Hall–Kier alpha value is -3.15. The molecule has 2 atom stereocenters. The molecule has 1 heterocycles. The van der Waals surface area contributed by atoms with Gasteiger partial charge in [0.05, 0.1) is 6.04 Å². The van der Waals surface area contributed by atoms with Crippen molar-refractivity contribution in [1.29, 1.82) is 0 Å². The second kappa shape index (κ2) is 9.77. The standard InChI is InChI=1S/C28H31N3O2/c1-29-28(32)27-17-23(19-31(27)24-15-21-9-5-6-10-22(21)16-24)30-18-20-8-7-13-26(14-20)33-25-11-3-2-4-12-25/h2-14,23-24,27,30H,15-19H2,1H3,(H,29,32)/t23-,27+/m1/s1. The van der Waals surface area contributed by atoms with E-state index in [1.54, 1.807) is 7.05 Å². The first-order valence-electron chi connectivity index (χ1n) is 11.8. The lowest BCUT2D eigenvalue weighted by atomic mass is 10.1. The van der Waals surface area contributed by atoms with E-state index in [0.29, 0.717) is 6.04 Å². The number of rotatable bonds is 7. The van der Waals surface area contributed by atoms with E-state index in [9.17, 15) is 4.79 Å². The molecule has 0 radical (unpaired) electrons. The van der Waals surface area contributed by atoms with Crippen molar-refractivity contribution in [2.45, 2.75) is 43.9 Å². The smallest absolute Gasteiger partial charge is 0.237 e. The topological polar surface area (TPSA) is 53.6 Å². The molecule has 5 heteroatoms. The van der Waals surface area contributed by atoms with Gasteiger partial charge in [-0.3, -0.25) is 9.69 Å². The Morgan fingerprint density at radius 3 is 2.36 bits per heavy atom. The number of hydrogen-bond donors (Lipinski definition) is 2. The van der Waals surface area contributed by atoms with E-state index in [1.807, 2.05) is 42.5 Å². The van der Waals surface area contributed by atoms with Gasteiger partial charge in [0.1, 0.15) is 11.5 Å². The molecule has 33 heavy (non-hydrogen) atoms. The number of likely N-dealkylation sites (N-methyl/N-ethyl adjacent to an activating group) is 1. The molecule has 1 aliphatic carbocycles. The van der Waals surface area contributed by atoms with Crippen LogP contribution in [0.25, 0.3) is 0 Å². The highest BCUT2D eigenvalue weighted by Gasteiger charge is 2.41. The van der Waals surface area contributed by atoms with Gasteiger partial charge in [-0.05, 0) is 60.2 Å². The summed E-state index contributed by atoms with van der Waals surface area (Å²) in [7, 11) is 1.74. The predicted molar refractivity (Wildman–Crippen MR) is 130 cm³/mol. The van der Waals surface area contributed by atoms with E-state index < -0.39 is 0 Å². The normalized spacial score (nSPS) is 20.5. The number of hydrogen-bond acceptors (Lipinski definition) is 4. The Bertz CT molecular complexity index is 1080. The Labute approximate surface area is 195 Å². The third-order valence-corrected chi connectivity index (χ3v) is 6.86. The molecule has 2 aliphatic rings. The zero-order chi connectivity index (χ0) is 22.6. The van der Waals surface area contributed by atoms with Crippen LogP contribution in [0.1, 0.15) is 23.1 Å². The molecule has 0 spiro atoms. The molecule has 170 valence electrons. The van der Waals surface area contributed by atoms with Gasteiger partial charge in [-0.15, -0.1) is 0 Å². The lowest BCUT2D eigenvalue weighted by molar-refractivity contribution is -0.125. The van der Waals surface area contributed by atoms with Crippen LogP contribution >= 0.6 is 0 Å². The van der Waals surface area contributed by atoms with Crippen LogP contribution in [0.4, 0.5) is 0 Å². The Morgan fingerprint density at radius 2 is 1.64 bits per heavy atom. The van der Waals surface area contributed by atoms with Crippen LogP contribution in [0.3, 0.4) is 0 Å². The highest BCUT2D eigenvalue weighted by molar-refractivity contribution is 5.82. The lowest BCUT2D eigenvalue weighted by Gasteiger charge is -2.29. The van der Waals surface area contributed by atoms with Gasteiger partial charge in [0.15, 0.2) is 0 Å². The molecule has 2 N–H and O–H groups in total. The molecule has 5 rings (SSSR count). The largest absolute Gasteiger partial charge is 0.457 e. The van der Waals surface area contributed by atoms with Crippen molar-refractivity contribution in [2.75, 3.05) is 13.6 Å². The minimum atomic E-state index is -0.0837. The Morgan fingerprint density at radius 1 is 0.939 bits per heavy atom. The monoisotopic (exact) mass is 441 g/mol. The van der Waals surface area contributed by atoms with Crippen molar-refractivity contribution in [3.05, 3.63) is 95.6 Å². The molecule has 0 saturated carbocycles. The van der Waals surface area contributed by atoms with Crippen molar-refractivity contribution in [3.8, 4) is 11.5 Å². The van der Waals surface area contributed by atoms with E-state index in [1.165, 1.54) is 16.7 Å². The van der Waals surface area contributed by atoms with E-state index >= 15 is 0 Å². The van der Waals surface area contributed by atoms with Gasteiger partial charge in [0, 0.05) is 32.2 Å². The molecule has 0 aromatic heterocycles. The molecule has 1 amide bonds. The van der Waals surface area contributed by atoms with Gasteiger partial charge in [0.25, 0.3) is 0 Å². The average molecular weight is 442 g/mol. The number of amides is 1. The summed E-state index contributed by atoms with van der Waals surface area (Å²) in [6, 6.07) is 27.3. The number of nitrogens with zero attached hydrogens (tertiary/aromatic N) is 1. The number of carbonyl (C=O) groups excluding carboxylic acids is 1. The number of nitrogens with one attached hydrogen (secondary N) is 2. The fourth-order valence-electron chi connectivity index (χ4n) is 5.21. The quantitative estimate of drug-likeness (QED) is 0.584. The van der Waals surface area contributed by atoms with Crippen molar-refractivity contribution < 1.29 is 9.53 Å². The predicted octanol–water partition coefficient (Wildman–Crippen LogP) is 3.92. The number of benzene rings is 3. The van der Waals surface area contributed by atoms with Gasteiger partial charge < -0.3 is 15.4 Å². The van der Waals surface area contributed by atoms with Crippen LogP contribution < -0.4 is 15.4 Å². The maximum absolute atomic E-state index is 12.7. The third-order valence-electron chi connectivity index (χ3n) is 6.86. The summed E-state index contributed by atoms with van der Waals surface area (Å²) in [5, 5.41) is 6.58. The van der Waals surface area contributed by atoms with Gasteiger partial charge in [-0.1, -0.05) is 54.6 Å². The lowest BCUT2D eigenvalue weighted by Crippen LogP contribution is -2.47. The van der Waals surface area contributed by atoms with Crippen LogP contribution in [0.2, 0.25) is 0 Å². The van der Waals surface area contributed by atoms with Gasteiger partial charge >= 0.3 is 0 Å². The SMILES string of the molecule is CNC(=O)[C@@H]1C[C@@H](NCc2cccc(Oc3ccccc3)c2)CN1C1Cc2ccccc2C1. The maximum atomic E-state index is 12.7. The van der Waals surface area contributed by atoms with Gasteiger partial charge in [0.2, 0.25) is 5.91 Å². The zero-order valence-corrected chi connectivity index (χ0v) is 19.0. The highest BCUT2D eigenvalue weighted by Crippen LogP contribution is 2.31. The first-order chi connectivity index (χ1) is 16.2. The minimum absolute atomic E-state index is 0.0837. The number of likely N-dealkylation sites (tertiary alicyclic amines) is 1. The molecule has 3 aromatic rings. The summed E-state index contributed by atoms with van der Waals surface area (Å²) in [6.45, 7) is 1.63. The molecule has 5 nitrogen and oxygen atoms in total. The van der Waals surface area contributed by atoms with Crippen LogP contribution in [-0.4, -0.2) is 42.5 Å². The molecule has 1 aliphatic heterocycles. The van der Waals surface area contributed by atoms with Gasteiger partial charge in [-0.2, -0.15) is 0 Å². The van der Waals surface area contributed by atoms with Gasteiger partial charge in [-0.25, -0.2) is 0 Å². The molecule has 1 fully saturated rings. The third kappa shape index (κ3) is 4.95. The Kier molecular flexibility index (Phi) is 6.42. The maximum Gasteiger partial charge on any atom is 0.237 e. The van der Waals surface area contributed by atoms with Crippen LogP contribution in [-0.2, 0) is 24.2 Å². The number of fused-ring (bicyclic) bond motifs is 1. The Balaban J connectivity index is 1.22. The second-order valence-corrected chi connectivity index (χ2v) is 9.03. The molecular formula is C28H31N3O2. The number of para-hydroxylation sites is 1. The van der Waals surface area contributed by atoms with Crippen LogP contribution in [0.15, 0.2) is 78.9 Å². The summed E-state index contributed by atoms with van der Waals surface area (Å²) in [5.41, 5.74) is 4.02. The van der Waals surface area contributed by atoms with Crippen LogP contribution in [0, 0.1) is 0 Å². The molecule has 0 unspecified atom stereocenters. The number of carbonyl (C=O) groups is 1. The summed E-state index contributed by atoms with van der Waals surface area (Å²) in [5.74, 6) is 1.79. The van der Waals surface area contributed by atoms with E-state index in [0.717, 1.165) is 43.9 Å². The van der Waals surface area contributed by atoms with Crippen molar-refractivity contribution >= 4 is 5.91 Å². The first-order valence-corrected chi connectivity index (χ1v) is 11.8. The number of ether oxygens (including phenoxy) is 1. The van der Waals surface area contributed by atoms with Crippen molar-refractivity contribution in [3.63, 3.8) is 0 Å². The molecule has 0 bridgehead atoms. The minimum Gasteiger partial charge on any atom is -0.457 e.